The monoisotopic (exact) mass is 208 g/mol. The second-order valence-corrected chi connectivity index (χ2v) is 10.1. The molecule has 0 N–H and O–H groups in total. The van der Waals surface area contributed by atoms with Gasteiger partial charge in [0.05, 0.1) is 8.07 Å². The number of hydrogen-bond acceptors (Lipinski definition) is 1. The van der Waals surface area contributed by atoms with Crippen LogP contribution < -0.4 is 0 Å². The highest BCUT2D eigenvalue weighted by Gasteiger charge is 2.12. The number of hydrogen-bond donors (Lipinski definition) is 0. The maximum absolute atomic E-state index is 11.7. The van der Waals surface area contributed by atoms with Gasteiger partial charge in [0.1, 0.15) is 0 Å². The summed E-state index contributed by atoms with van der Waals surface area (Å²) < 4.78 is 0. The van der Waals surface area contributed by atoms with Crippen molar-refractivity contribution in [2.45, 2.75) is 45.3 Å². The first-order valence-electron chi connectivity index (χ1n) is 5.42. The van der Waals surface area contributed by atoms with E-state index in [2.05, 4.69) is 31.4 Å². The van der Waals surface area contributed by atoms with Crippen LogP contribution in [0.1, 0.15) is 25.7 Å². The normalized spacial score (nSPS) is 18.4. The Morgan fingerprint density at radius 3 is 2.57 bits per heavy atom. The van der Waals surface area contributed by atoms with Gasteiger partial charge in [-0.1, -0.05) is 31.4 Å². The third-order valence-corrected chi connectivity index (χ3v) is 3.51. The van der Waals surface area contributed by atoms with Gasteiger partial charge in [-0.15, -0.1) is 0 Å². The molecule has 0 aliphatic heterocycles. The molecule has 78 valence electrons. The van der Waals surface area contributed by atoms with Gasteiger partial charge >= 0.3 is 0 Å². The standard InChI is InChI=1S/C12H20OSi/c1-14(2,3)10-9-12(13)11-7-5-4-6-8-11/h7,9-10H,4-6,8H2,1-3H3. The van der Waals surface area contributed by atoms with Crippen molar-refractivity contribution in [1.82, 2.24) is 0 Å². The maximum Gasteiger partial charge on any atom is 0.180 e. The lowest BCUT2D eigenvalue weighted by Crippen LogP contribution is -2.16. The summed E-state index contributed by atoms with van der Waals surface area (Å²) in [7, 11) is -1.21. The molecule has 0 saturated carbocycles. The minimum absolute atomic E-state index is 0.243. The average molecular weight is 208 g/mol. The van der Waals surface area contributed by atoms with Gasteiger partial charge in [-0.25, -0.2) is 0 Å². The summed E-state index contributed by atoms with van der Waals surface area (Å²) in [4.78, 5) is 11.7. The Morgan fingerprint density at radius 2 is 2.07 bits per heavy atom. The van der Waals surface area contributed by atoms with Crippen LogP contribution in [-0.2, 0) is 4.79 Å². The molecule has 0 aromatic carbocycles. The molecule has 0 unspecified atom stereocenters. The van der Waals surface area contributed by atoms with Crippen LogP contribution in [0.25, 0.3) is 0 Å². The Labute approximate surface area is 87.9 Å². The zero-order valence-electron chi connectivity index (χ0n) is 9.47. The number of carbonyl (C=O) groups excluding carboxylic acids is 1. The van der Waals surface area contributed by atoms with Crippen molar-refractivity contribution in [1.29, 1.82) is 0 Å². The van der Waals surface area contributed by atoms with Crippen molar-refractivity contribution in [2.75, 3.05) is 0 Å². The lowest BCUT2D eigenvalue weighted by atomic mass is 9.96. The average Bonchev–Trinajstić information content (AvgIpc) is 2.14. The van der Waals surface area contributed by atoms with E-state index in [9.17, 15) is 4.79 Å². The predicted molar refractivity (Wildman–Crippen MR) is 64.0 cm³/mol. The smallest absolute Gasteiger partial charge is 0.180 e. The summed E-state index contributed by atoms with van der Waals surface area (Å²) in [6.45, 7) is 6.73. The molecule has 14 heavy (non-hydrogen) atoms. The predicted octanol–water partition coefficient (Wildman–Crippen LogP) is 3.49. The van der Waals surface area contributed by atoms with Crippen molar-refractivity contribution in [2.24, 2.45) is 0 Å². The second kappa shape index (κ2) is 4.74. The molecule has 0 saturated heterocycles. The molecule has 0 radical (unpaired) electrons. The Balaban J connectivity index is 2.58. The zero-order chi connectivity index (χ0) is 10.6. The molecule has 0 aromatic rings. The van der Waals surface area contributed by atoms with Gasteiger partial charge in [0.15, 0.2) is 5.78 Å². The zero-order valence-corrected chi connectivity index (χ0v) is 10.5. The summed E-state index contributed by atoms with van der Waals surface area (Å²) >= 11 is 0. The van der Waals surface area contributed by atoms with Crippen LogP contribution >= 0.6 is 0 Å². The Kier molecular flexibility index (Phi) is 3.87. The number of ketones is 1. The molecule has 2 heteroatoms. The fourth-order valence-electron chi connectivity index (χ4n) is 1.49. The lowest BCUT2D eigenvalue weighted by Gasteiger charge is -2.11. The summed E-state index contributed by atoms with van der Waals surface area (Å²) in [5.74, 6) is 0.243. The van der Waals surface area contributed by atoms with Crippen LogP contribution in [0.2, 0.25) is 19.6 Å². The van der Waals surface area contributed by atoms with Gasteiger partial charge in [0.2, 0.25) is 0 Å². The van der Waals surface area contributed by atoms with E-state index in [1.807, 2.05) is 0 Å². The van der Waals surface area contributed by atoms with Crippen LogP contribution in [0, 0.1) is 0 Å². The van der Waals surface area contributed by atoms with Gasteiger partial charge in [-0.05, 0) is 37.3 Å². The van der Waals surface area contributed by atoms with Crippen LogP contribution in [-0.4, -0.2) is 13.9 Å². The quantitative estimate of drug-likeness (QED) is 0.512. The first-order chi connectivity index (χ1) is 6.49. The van der Waals surface area contributed by atoms with E-state index in [-0.39, 0.29) is 5.78 Å². The lowest BCUT2D eigenvalue weighted by molar-refractivity contribution is -0.111. The largest absolute Gasteiger partial charge is 0.290 e. The van der Waals surface area contributed by atoms with Crippen LogP contribution in [0.5, 0.6) is 0 Å². The molecule has 1 nitrogen and oxygen atoms in total. The molecule has 1 aliphatic carbocycles. The van der Waals surface area contributed by atoms with Crippen molar-refractivity contribution in [3.05, 3.63) is 23.4 Å². The summed E-state index contributed by atoms with van der Waals surface area (Å²) in [5, 5.41) is 0. The van der Waals surface area contributed by atoms with Crippen LogP contribution in [0.4, 0.5) is 0 Å². The summed E-state index contributed by atoms with van der Waals surface area (Å²) in [6.07, 6.45) is 8.40. The fraction of sp³-hybridized carbons (Fsp3) is 0.583. The van der Waals surface area contributed by atoms with E-state index in [4.69, 9.17) is 0 Å². The van der Waals surface area contributed by atoms with Gasteiger partial charge in [0.25, 0.3) is 0 Å². The first-order valence-corrected chi connectivity index (χ1v) is 8.99. The maximum atomic E-state index is 11.7. The molecule has 1 aliphatic rings. The van der Waals surface area contributed by atoms with Crippen molar-refractivity contribution < 1.29 is 4.79 Å². The highest BCUT2D eigenvalue weighted by Crippen LogP contribution is 2.18. The molecule has 0 spiro atoms. The molecule has 0 atom stereocenters. The molecule has 1 rings (SSSR count). The highest BCUT2D eigenvalue weighted by molar-refractivity contribution is 6.81. The third kappa shape index (κ3) is 4.05. The molecular weight excluding hydrogens is 188 g/mol. The summed E-state index contributed by atoms with van der Waals surface area (Å²) in [5.41, 5.74) is 3.16. The molecule has 0 heterocycles. The number of allylic oxidation sites excluding steroid dienone is 3. The van der Waals surface area contributed by atoms with Crippen molar-refractivity contribution in [3.63, 3.8) is 0 Å². The Morgan fingerprint density at radius 1 is 1.36 bits per heavy atom. The topological polar surface area (TPSA) is 17.1 Å². The van der Waals surface area contributed by atoms with E-state index >= 15 is 0 Å². The summed E-state index contributed by atoms with van der Waals surface area (Å²) in [6, 6.07) is 0. The molecule has 0 fully saturated rings. The van der Waals surface area contributed by atoms with E-state index < -0.39 is 8.07 Å². The molecule has 0 amide bonds. The van der Waals surface area contributed by atoms with Gasteiger partial charge in [0, 0.05) is 0 Å². The Bertz CT molecular complexity index is 269. The number of rotatable bonds is 3. The number of carbonyl (C=O) groups is 1. The molecule has 0 aromatic heterocycles. The van der Waals surface area contributed by atoms with E-state index in [0.29, 0.717) is 0 Å². The van der Waals surface area contributed by atoms with E-state index in [1.165, 1.54) is 12.8 Å². The van der Waals surface area contributed by atoms with Gasteiger partial charge in [-0.3, -0.25) is 4.79 Å². The Hall–Kier alpha value is -0.633. The van der Waals surface area contributed by atoms with E-state index in [1.54, 1.807) is 6.08 Å². The molecule has 0 bridgehead atoms. The SMILES string of the molecule is C[Si](C)(C)C=CC(=O)C1=CCCCC1. The van der Waals surface area contributed by atoms with E-state index in [0.717, 1.165) is 18.4 Å². The first kappa shape index (κ1) is 11.4. The molecular formula is C12H20OSi. The second-order valence-electron chi connectivity index (χ2n) is 5.04. The third-order valence-electron chi connectivity index (χ3n) is 2.34. The fourth-order valence-corrected chi connectivity index (χ4v) is 2.15. The van der Waals surface area contributed by atoms with Crippen LogP contribution in [0.15, 0.2) is 23.4 Å². The van der Waals surface area contributed by atoms with Crippen molar-refractivity contribution >= 4 is 13.9 Å². The minimum atomic E-state index is -1.21. The van der Waals surface area contributed by atoms with Crippen molar-refractivity contribution in [3.8, 4) is 0 Å². The highest BCUT2D eigenvalue weighted by atomic mass is 28.3. The minimum Gasteiger partial charge on any atom is -0.290 e. The van der Waals surface area contributed by atoms with Gasteiger partial charge in [-0.2, -0.15) is 0 Å². The van der Waals surface area contributed by atoms with Gasteiger partial charge < -0.3 is 0 Å². The van der Waals surface area contributed by atoms with Crippen LogP contribution in [0.3, 0.4) is 0 Å².